The lowest BCUT2D eigenvalue weighted by molar-refractivity contribution is -0.121. The van der Waals surface area contributed by atoms with Gasteiger partial charge in [0.15, 0.2) is 0 Å². The molecule has 1 unspecified atom stereocenters. The summed E-state index contributed by atoms with van der Waals surface area (Å²) >= 11 is 3.37. The van der Waals surface area contributed by atoms with Crippen molar-refractivity contribution in [3.8, 4) is 0 Å². The number of amides is 1. The van der Waals surface area contributed by atoms with Crippen molar-refractivity contribution >= 4 is 32.7 Å². The molecule has 0 saturated carbocycles. The van der Waals surface area contributed by atoms with Gasteiger partial charge in [-0.15, -0.1) is 0 Å². The van der Waals surface area contributed by atoms with Crippen LogP contribution in [0.25, 0.3) is 10.9 Å². The van der Waals surface area contributed by atoms with Crippen molar-refractivity contribution in [1.29, 1.82) is 0 Å². The van der Waals surface area contributed by atoms with E-state index in [1.54, 1.807) is 12.1 Å². The first kappa shape index (κ1) is 19.6. The lowest BCUT2D eigenvalue weighted by Gasteiger charge is -2.15. The topological polar surface area (TPSA) is 64.0 Å². The lowest BCUT2D eigenvalue weighted by atomic mass is 10.0. The van der Waals surface area contributed by atoms with Crippen molar-refractivity contribution in [2.45, 2.75) is 59.0 Å². The minimum absolute atomic E-state index is 0.0294. The third-order valence-electron chi connectivity index (χ3n) is 4.19. The highest BCUT2D eigenvalue weighted by molar-refractivity contribution is 9.10. The van der Waals surface area contributed by atoms with Gasteiger partial charge in [-0.2, -0.15) is 0 Å². The molecular formula is C19H26BrN3O2. The zero-order valence-electron chi connectivity index (χ0n) is 15.1. The molecule has 0 bridgehead atoms. The van der Waals surface area contributed by atoms with Crippen LogP contribution < -0.4 is 10.9 Å². The second-order valence-corrected chi connectivity index (χ2v) is 7.86. The van der Waals surface area contributed by atoms with Crippen LogP contribution in [0, 0.1) is 5.92 Å². The van der Waals surface area contributed by atoms with E-state index in [9.17, 15) is 9.59 Å². The van der Waals surface area contributed by atoms with Crippen molar-refractivity contribution in [3.63, 3.8) is 0 Å². The number of aryl methyl sites for hydroxylation is 1. The average molecular weight is 408 g/mol. The molecule has 25 heavy (non-hydrogen) atoms. The maximum absolute atomic E-state index is 12.5. The Morgan fingerprint density at radius 1 is 1.28 bits per heavy atom. The quantitative estimate of drug-likeness (QED) is 0.721. The van der Waals surface area contributed by atoms with E-state index in [0.717, 1.165) is 17.3 Å². The Kier molecular flexibility index (Phi) is 7.17. The number of nitrogens with one attached hydrogen (secondary N) is 1. The van der Waals surface area contributed by atoms with Gasteiger partial charge < -0.3 is 5.32 Å². The number of rotatable bonds is 8. The number of halogens is 1. The van der Waals surface area contributed by atoms with Gasteiger partial charge in [0.2, 0.25) is 5.91 Å². The number of aromatic nitrogens is 2. The minimum atomic E-state index is -0.121. The van der Waals surface area contributed by atoms with E-state index in [-0.39, 0.29) is 23.9 Å². The van der Waals surface area contributed by atoms with Crippen LogP contribution in [0.4, 0.5) is 0 Å². The smallest absolute Gasteiger partial charge is 0.261 e. The molecule has 0 spiro atoms. The predicted octanol–water partition coefficient (Wildman–Crippen LogP) is 3.88. The van der Waals surface area contributed by atoms with Crippen LogP contribution in [0.1, 0.15) is 46.5 Å². The van der Waals surface area contributed by atoms with Crippen LogP contribution in [0.3, 0.4) is 0 Å². The molecule has 2 rings (SSSR count). The lowest BCUT2D eigenvalue weighted by Crippen LogP contribution is -2.34. The molecule has 6 heteroatoms. The van der Waals surface area contributed by atoms with Crippen molar-refractivity contribution in [2.75, 3.05) is 0 Å². The van der Waals surface area contributed by atoms with Gasteiger partial charge in [-0.05, 0) is 37.5 Å². The van der Waals surface area contributed by atoms with Crippen molar-refractivity contribution in [1.82, 2.24) is 14.9 Å². The van der Waals surface area contributed by atoms with E-state index in [1.807, 2.05) is 13.0 Å². The standard InChI is InChI=1S/C19H26BrN3O2/c1-13(2)5-4-6-14(3)22-18(24)9-10-23-12-21-17-8-7-15(20)11-16(17)19(23)25/h7-8,11-14H,4-6,9-10H2,1-3H3,(H,22,24). The Balaban J connectivity index is 1.90. The maximum Gasteiger partial charge on any atom is 0.261 e. The molecule has 0 radical (unpaired) electrons. The normalized spacial score (nSPS) is 12.5. The van der Waals surface area contributed by atoms with Crippen molar-refractivity contribution in [2.24, 2.45) is 5.92 Å². The minimum Gasteiger partial charge on any atom is -0.354 e. The highest BCUT2D eigenvalue weighted by Crippen LogP contribution is 2.14. The number of hydrogen-bond acceptors (Lipinski definition) is 3. The van der Waals surface area contributed by atoms with Gasteiger partial charge in [0.25, 0.3) is 5.56 Å². The first-order valence-electron chi connectivity index (χ1n) is 8.81. The fourth-order valence-electron chi connectivity index (χ4n) is 2.76. The molecule has 1 aromatic carbocycles. The molecule has 0 aliphatic heterocycles. The number of nitrogens with zero attached hydrogens (tertiary/aromatic N) is 2. The second-order valence-electron chi connectivity index (χ2n) is 6.95. The zero-order chi connectivity index (χ0) is 18.4. The SMILES string of the molecule is CC(C)CCCC(C)NC(=O)CCn1cnc2ccc(Br)cc2c1=O. The Bertz CT molecular complexity index is 786. The van der Waals surface area contributed by atoms with Gasteiger partial charge in [-0.25, -0.2) is 4.98 Å². The maximum atomic E-state index is 12.5. The highest BCUT2D eigenvalue weighted by atomic mass is 79.9. The zero-order valence-corrected chi connectivity index (χ0v) is 16.7. The third-order valence-corrected chi connectivity index (χ3v) is 4.69. The average Bonchev–Trinajstić information content (AvgIpc) is 2.54. The summed E-state index contributed by atoms with van der Waals surface area (Å²) < 4.78 is 2.34. The van der Waals surface area contributed by atoms with Crippen LogP contribution in [0.5, 0.6) is 0 Å². The predicted molar refractivity (Wildman–Crippen MR) is 105 cm³/mol. The number of fused-ring (bicyclic) bond motifs is 1. The number of hydrogen-bond donors (Lipinski definition) is 1. The molecule has 0 aliphatic rings. The van der Waals surface area contributed by atoms with Crippen LogP contribution in [-0.4, -0.2) is 21.5 Å². The molecular weight excluding hydrogens is 382 g/mol. The van der Waals surface area contributed by atoms with E-state index >= 15 is 0 Å². The molecule has 0 aliphatic carbocycles. The van der Waals surface area contributed by atoms with Gasteiger partial charge in [0, 0.05) is 23.5 Å². The van der Waals surface area contributed by atoms with Crippen molar-refractivity contribution < 1.29 is 4.79 Å². The molecule has 1 N–H and O–H groups in total. The van der Waals surface area contributed by atoms with E-state index in [0.29, 0.717) is 23.4 Å². The molecule has 1 atom stereocenters. The van der Waals surface area contributed by atoms with Gasteiger partial charge in [-0.3, -0.25) is 14.2 Å². The largest absolute Gasteiger partial charge is 0.354 e. The fraction of sp³-hybridized carbons (Fsp3) is 0.526. The van der Waals surface area contributed by atoms with Gasteiger partial charge in [-0.1, -0.05) is 42.6 Å². The molecule has 5 nitrogen and oxygen atoms in total. The van der Waals surface area contributed by atoms with E-state index in [1.165, 1.54) is 17.3 Å². The Labute approximate surface area is 157 Å². The summed E-state index contributed by atoms with van der Waals surface area (Å²) in [4.78, 5) is 28.9. The van der Waals surface area contributed by atoms with Crippen LogP contribution in [0.2, 0.25) is 0 Å². The summed E-state index contributed by atoms with van der Waals surface area (Å²) in [7, 11) is 0. The first-order valence-corrected chi connectivity index (χ1v) is 9.60. The molecule has 0 saturated heterocycles. The van der Waals surface area contributed by atoms with Gasteiger partial charge >= 0.3 is 0 Å². The summed E-state index contributed by atoms with van der Waals surface area (Å²) in [5.74, 6) is 0.661. The highest BCUT2D eigenvalue weighted by Gasteiger charge is 2.10. The number of carbonyl (C=O) groups is 1. The molecule has 1 heterocycles. The summed E-state index contributed by atoms with van der Waals surface area (Å²) in [6.45, 7) is 6.77. The number of benzene rings is 1. The first-order chi connectivity index (χ1) is 11.9. The Morgan fingerprint density at radius 3 is 2.76 bits per heavy atom. The van der Waals surface area contributed by atoms with E-state index in [2.05, 4.69) is 40.1 Å². The summed E-state index contributed by atoms with van der Waals surface area (Å²) in [5.41, 5.74) is 0.539. The summed E-state index contributed by atoms with van der Waals surface area (Å²) in [6.07, 6.45) is 5.05. The van der Waals surface area contributed by atoms with Crippen molar-refractivity contribution in [3.05, 3.63) is 39.4 Å². The van der Waals surface area contributed by atoms with Gasteiger partial charge in [0.05, 0.1) is 17.2 Å². The molecule has 0 fully saturated rings. The van der Waals surface area contributed by atoms with E-state index < -0.39 is 0 Å². The molecule has 1 aromatic heterocycles. The number of carbonyl (C=O) groups excluding carboxylic acids is 1. The molecule has 2 aromatic rings. The van der Waals surface area contributed by atoms with E-state index in [4.69, 9.17) is 0 Å². The van der Waals surface area contributed by atoms with Crippen LogP contribution in [-0.2, 0) is 11.3 Å². The van der Waals surface area contributed by atoms with Gasteiger partial charge in [0.1, 0.15) is 0 Å². The summed E-state index contributed by atoms with van der Waals surface area (Å²) in [5, 5.41) is 3.56. The summed E-state index contributed by atoms with van der Waals surface area (Å²) in [6, 6.07) is 5.58. The second kappa shape index (κ2) is 9.13. The van der Waals surface area contributed by atoms with Crippen LogP contribution >= 0.6 is 15.9 Å². The Hall–Kier alpha value is -1.69. The van der Waals surface area contributed by atoms with Crippen LogP contribution in [0.15, 0.2) is 33.8 Å². The monoisotopic (exact) mass is 407 g/mol. The third kappa shape index (κ3) is 5.96. The molecule has 136 valence electrons. The Morgan fingerprint density at radius 2 is 2.04 bits per heavy atom. The fourth-order valence-corrected chi connectivity index (χ4v) is 3.12. The molecule has 1 amide bonds.